The second-order valence-electron chi connectivity index (χ2n) is 4.69. The highest BCUT2D eigenvalue weighted by atomic mass is 32.2. The Hall–Kier alpha value is -2.25. The average Bonchev–Trinajstić information content (AvgIpc) is 2.56. The Kier molecular flexibility index (Phi) is 3.94. The molecule has 1 unspecified atom stereocenters. The first-order chi connectivity index (χ1) is 10.3. The van der Waals surface area contributed by atoms with E-state index in [1.807, 2.05) is 42.5 Å². The van der Waals surface area contributed by atoms with Gasteiger partial charge in [-0.15, -0.1) is 11.8 Å². The van der Waals surface area contributed by atoms with Crippen molar-refractivity contribution >= 4 is 23.2 Å². The van der Waals surface area contributed by atoms with Crippen LogP contribution in [0.3, 0.4) is 0 Å². The maximum Gasteiger partial charge on any atom is 0.118 e. The number of nitrogens with zero attached hydrogens (tertiary/aromatic N) is 2. The van der Waals surface area contributed by atoms with Crippen molar-refractivity contribution in [3.63, 3.8) is 0 Å². The third-order valence-electron chi connectivity index (χ3n) is 3.42. The molecule has 1 aliphatic rings. The summed E-state index contributed by atoms with van der Waals surface area (Å²) in [5.74, 6) is 1.24. The minimum absolute atomic E-state index is 0.309. The molecule has 0 spiro atoms. The molecular weight excluding hydrogens is 280 g/mol. The number of rotatable bonds is 3. The Morgan fingerprint density at radius 1 is 1.19 bits per heavy atom. The molecule has 0 aliphatic carbocycles. The molecular formula is C17H14N2OS. The molecule has 0 radical (unpaired) electrons. The van der Waals surface area contributed by atoms with E-state index in [4.69, 9.17) is 4.74 Å². The van der Waals surface area contributed by atoms with Crippen LogP contribution in [-0.4, -0.2) is 18.6 Å². The normalized spacial score (nSPS) is 14.6. The molecule has 3 rings (SSSR count). The van der Waals surface area contributed by atoms with Crippen LogP contribution in [0, 0.1) is 11.3 Å². The zero-order valence-electron chi connectivity index (χ0n) is 11.6. The summed E-state index contributed by atoms with van der Waals surface area (Å²) in [5.41, 5.74) is 2.82. The van der Waals surface area contributed by atoms with Crippen molar-refractivity contribution in [2.45, 2.75) is 10.8 Å². The molecule has 0 aromatic heterocycles. The van der Waals surface area contributed by atoms with Gasteiger partial charge in [0.25, 0.3) is 0 Å². The molecule has 1 atom stereocenters. The van der Waals surface area contributed by atoms with Crippen molar-refractivity contribution < 1.29 is 4.74 Å². The van der Waals surface area contributed by atoms with Crippen LogP contribution >= 0.6 is 11.8 Å². The number of fused-ring (bicyclic) bond motifs is 1. The first kappa shape index (κ1) is 13.7. The second kappa shape index (κ2) is 6.02. The van der Waals surface area contributed by atoms with Crippen molar-refractivity contribution in [1.29, 1.82) is 5.26 Å². The van der Waals surface area contributed by atoms with E-state index in [9.17, 15) is 5.26 Å². The van der Waals surface area contributed by atoms with Gasteiger partial charge < -0.3 is 4.74 Å². The summed E-state index contributed by atoms with van der Waals surface area (Å²) in [4.78, 5) is 5.85. The number of benzene rings is 2. The highest BCUT2D eigenvalue weighted by Gasteiger charge is 2.22. The molecule has 1 heterocycles. The number of methoxy groups -OCH3 is 1. The summed E-state index contributed by atoms with van der Waals surface area (Å²) in [5, 5.41) is 9.53. The summed E-state index contributed by atoms with van der Waals surface area (Å²) in [6.45, 7) is 0. The molecule has 21 heavy (non-hydrogen) atoms. The zero-order chi connectivity index (χ0) is 14.7. The molecule has 0 bridgehead atoms. The Labute approximate surface area is 128 Å². The minimum Gasteiger partial charge on any atom is -0.497 e. The van der Waals surface area contributed by atoms with Gasteiger partial charge in [0, 0.05) is 10.6 Å². The van der Waals surface area contributed by atoms with Gasteiger partial charge in [-0.25, -0.2) is 0 Å². The topological polar surface area (TPSA) is 45.4 Å². The highest BCUT2D eigenvalue weighted by Crippen LogP contribution is 2.36. The standard InChI is InChI=1S/C17H14N2OS/c1-20-13-8-6-12(7-9-13)14(10-18)16-11-21-17-5-3-2-4-15(17)19-16/h2-9,14H,11H2,1H3. The van der Waals surface area contributed by atoms with E-state index in [1.54, 1.807) is 18.9 Å². The molecule has 4 heteroatoms. The van der Waals surface area contributed by atoms with Crippen LogP contribution in [0.1, 0.15) is 11.5 Å². The van der Waals surface area contributed by atoms with Crippen LogP contribution < -0.4 is 4.74 Å². The lowest BCUT2D eigenvalue weighted by atomic mass is 9.96. The summed E-state index contributed by atoms with van der Waals surface area (Å²) in [7, 11) is 1.63. The smallest absolute Gasteiger partial charge is 0.118 e. The van der Waals surface area contributed by atoms with Gasteiger partial charge in [-0.1, -0.05) is 24.3 Å². The second-order valence-corrected chi connectivity index (χ2v) is 5.71. The average molecular weight is 294 g/mol. The zero-order valence-corrected chi connectivity index (χ0v) is 12.4. The molecule has 0 amide bonds. The van der Waals surface area contributed by atoms with E-state index in [1.165, 1.54) is 4.90 Å². The fraction of sp³-hybridized carbons (Fsp3) is 0.176. The van der Waals surface area contributed by atoms with E-state index in [0.717, 1.165) is 28.5 Å². The van der Waals surface area contributed by atoms with Crippen molar-refractivity contribution in [1.82, 2.24) is 0 Å². The van der Waals surface area contributed by atoms with Crippen molar-refractivity contribution in [3.8, 4) is 11.8 Å². The third-order valence-corrected chi connectivity index (χ3v) is 4.51. The van der Waals surface area contributed by atoms with E-state index in [-0.39, 0.29) is 5.92 Å². The molecule has 104 valence electrons. The first-order valence-corrected chi connectivity index (χ1v) is 7.63. The van der Waals surface area contributed by atoms with Crippen LogP contribution in [0.2, 0.25) is 0 Å². The minimum atomic E-state index is -0.309. The molecule has 0 N–H and O–H groups in total. The predicted molar refractivity (Wildman–Crippen MR) is 85.6 cm³/mol. The lowest BCUT2D eigenvalue weighted by molar-refractivity contribution is 0.414. The van der Waals surface area contributed by atoms with E-state index < -0.39 is 0 Å². The Balaban J connectivity index is 1.94. The van der Waals surface area contributed by atoms with Crippen LogP contribution in [0.5, 0.6) is 5.75 Å². The van der Waals surface area contributed by atoms with Gasteiger partial charge in [-0.2, -0.15) is 5.26 Å². The number of ether oxygens (including phenoxy) is 1. The molecule has 0 fully saturated rings. The molecule has 2 aromatic rings. The van der Waals surface area contributed by atoms with Gasteiger partial charge >= 0.3 is 0 Å². The predicted octanol–water partition coefficient (Wildman–Crippen LogP) is 4.18. The Morgan fingerprint density at radius 3 is 2.67 bits per heavy atom. The van der Waals surface area contributed by atoms with Crippen molar-refractivity contribution in [2.24, 2.45) is 4.99 Å². The van der Waals surface area contributed by atoms with E-state index in [0.29, 0.717) is 0 Å². The Morgan fingerprint density at radius 2 is 1.95 bits per heavy atom. The van der Waals surface area contributed by atoms with Gasteiger partial charge in [0.05, 0.1) is 24.6 Å². The molecule has 1 aliphatic heterocycles. The highest BCUT2D eigenvalue weighted by molar-refractivity contribution is 8.00. The van der Waals surface area contributed by atoms with Crippen molar-refractivity contribution in [2.75, 3.05) is 12.9 Å². The summed E-state index contributed by atoms with van der Waals surface area (Å²) in [6.07, 6.45) is 0. The molecule has 3 nitrogen and oxygen atoms in total. The SMILES string of the molecule is COc1ccc(C(C#N)C2=Nc3ccccc3SC2)cc1. The third kappa shape index (κ3) is 2.79. The largest absolute Gasteiger partial charge is 0.497 e. The van der Waals surface area contributed by atoms with Gasteiger partial charge in [0.1, 0.15) is 11.7 Å². The summed E-state index contributed by atoms with van der Waals surface area (Å²) in [6, 6.07) is 18.0. The van der Waals surface area contributed by atoms with Gasteiger partial charge in [-0.3, -0.25) is 4.99 Å². The Bertz CT molecular complexity index is 716. The maximum atomic E-state index is 9.53. The summed E-state index contributed by atoms with van der Waals surface area (Å²) < 4.78 is 5.16. The number of para-hydroxylation sites is 1. The van der Waals surface area contributed by atoms with Crippen LogP contribution in [-0.2, 0) is 0 Å². The number of nitriles is 1. The lowest BCUT2D eigenvalue weighted by Crippen LogP contribution is -2.15. The monoisotopic (exact) mass is 294 g/mol. The van der Waals surface area contributed by atoms with E-state index in [2.05, 4.69) is 17.1 Å². The van der Waals surface area contributed by atoms with E-state index >= 15 is 0 Å². The molecule has 2 aromatic carbocycles. The quantitative estimate of drug-likeness (QED) is 0.853. The fourth-order valence-electron chi connectivity index (χ4n) is 2.30. The molecule has 0 saturated heterocycles. The molecule has 0 saturated carbocycles. The van der Waals surface area contributed by atoms with Gasteiger partial charge in [0.15, 0.2) is 0 Å². The lowest BCUT2D eigenvalue weighted by Gasteiger charge is -2.18. The number of aliphatic imine (C=N–C) groups is 1. The van der Waals surface area contributed by atoms with Crippen LogP contribution in [0.15, 0.2) is 58.4 Å². The first-order valence-electron chi connectivity index (χ1n) is 6.64. The van der Waals surface area contributed by atoms with Crippen LogP contribution in [0.25, 0.3) is 0 Å². The summed E-state index contributed by atoms with van der Waals surface area (Å²) >= 11 is 1.74. The van der Waals surface area contributed by atoms with Crippen LogP contribution in [0.4, 0.5) is 5.69 Å². The van der Waals surface area contributed by atoms with Gasteiger partial charge in [0.2, 0.25) is 0 Å². The van der Waals surface area contributed by atoms with Gasteiger partial charge in [-0.05, 0) is 29.8 Å². The van der Waals surface area contributed by atoms with Crippen molar-refractivity contribution in [3.05, 3.63) is 54.1 Å². The maximum absolute atomic E-state index is 9.53. The number of hydrogen-bond acceptors (Lipinski definition) is 4. The number of thioether (sulfide) groups is 1. The fourth-order valence-corrected chi connectivity index (χ4v) is 3.27. The number of hydrogen-bond donors (Lipinski definition) is 0.